The lowest BCUT2D eigenvalue weighted by Crippen LogP contribution is -2.38. The normalized spacial score (nSPS) is 16.9. The molecule has 2 aromatic carbocycles. The van der Waals surface area contributed by atoms with Crippen LogP contribution < -0.4 is 5.32 Å². The molecule has 0 saturated carbocycles. The van der Waals surface area contributed by atoms with Crippen LogP contribution in [0.1, 0.15) is 23.8 Å². The monoisotopic (exact) mass is 427 g/mol. The van der Waals surface area contributed by atoms with Gasteiger partial charge in [-0.25, -0.2) is 0 Å². The van der Waals surface area contributed by atoms with Gasteiger partial charge in [-0.3, -0.25) is 9.78 Å². The second-order valence-corrected chi connectivity index (χ2v) is 8.58. The minimum atomic E-state index is -0.0488. The number of aromatic nitrogens is 1. The van der Waals surface area contributed by atoms with Gasteiger partial charge in [0.15, 0.2) is 0 Å². The summed E-state index contributed by atoms with van der Waals surface area (Å²) in [6.07, 6.45) is 3.14. The standard InChI is InChI=1S/C22H22ClN3O2S/c23-16-5-6-18-19(7-10-25-20(18)14-16)24-9-2-11-26-21(28)8-12-29-22(26)15-3-1-4-17(27)13-15/h1,3-7,10,13-14,22,27H,2,8-9,11-12H2,(H,24,25). The number of thioether (sulfide) groups is 1. The zero-order valence-electron chi connectivity index (χ0n) is 15.8. The van der Waals surface area contributed by atoms with Gasteiger partial charge < -0.3 is 15.3 Å². The van der Waals surface area contributed by atoms with Crippen molar-refractivity contribution in [1.29, 1.82) is 0 Å². The molecule has 0 radical (unpaired) electrons. The number of benzene rings is 2. The number of carbonyl (C=O) groups excluding carboxylic acids is 1. The van der Waals surface area contributed by atoms with Crippen LogP contribution in [0.5, 0.6) is 5.75 Å². The number of fused-ring (bicyclic) bond motifs is 1. The van der Waals surface area contributed by atoms with Crippen molar-refractivity contribution in [1.82, 2.24) is 9.88 Å². The number of amides is 1. The number of phenolic OH excluding ortho intramolecular Hbond substituents is 1. The highest BCUT2D eigenvalue weighted by atomic mass is 35.5. The molecule has 3 aromatic rings. The molecule has 7 heteroatoms. The average molecular weight is 428 g/mol. The van der Waals surface area contributed by atoms with Crippen LogP contribution in [0.2, 0.25) is 5.02 Å². The fraction of sp³-hybridized carbons (Fsp3) is 0.273. The molecule has 2 heterocycles. The summed E-state index contributed by atoms with van der Waals surface area (Å²) in [5.41, 5.74) is 2.83. The number of nitrogens with zero attached hydrogens (tertiary/aromatic N) is 2. The summed E-state index contributed by atoms with van der Waals surface area (Å²) < 4.78 is 0. The molecule has 1 aliphatic heterocycles. The highest BCUT2D eigenvalue weighted by molar-refractivity contribution is 7.99. The molecule has 1 fully saturated rings. The maximum Gasteiger partial charge on any atom is 0.224 e. The van der Waals surface area contributed by atoms with Gasteiger partial charge in [0.1, 0.15) is 11.1 Å². The SMILES string of the molecule is O=C1CCSC(c2cccc(O)c2)N1CCCNc1ccnc2cc(Cl)ccc12. The molecule has 5 nitrogen and oxygen atoms in total. The van der Waals surface area contributed by atoms with Crippen molar-refractivity contribution in [2.24, 2.45) is 0 Å². The van der Waals surface area contributed by atoms with Gasteiger partial charge in [-0.2, -0.15) is 0 Å². The summed E-state index contributed by atoms with van der Waals surface area (Å²) in [6.45, 7) is 1.40. The number of aromatic hydroxyl groups is 1. The third-order valence-corrected chi connectivity index (χ3v) is 6.46. The molecule has 1 saturated heterocycles. The first kappa shape index (κ1) is 19.9. The number of pyridine rings is 1. The predicted molar refractivity (Wildman–Crippen MR) is 119 cm³/mol. The second-order valence-electron chi connectivity index (χ2n) is 6.96. The number of hydrogen-bond donors (Lipinski definition) is 2. The van der Waals surface area contributed by atoms with Gasteiger partial charge in [0.25, 0.3) is 0 Å². The lowest BCUT2D eigenvalue weighted by molar-refractivity contribution is -0.132. The highest BCUT2D eigenvalue weighted by Crippen LogP contribution is 2.38. The lowest BCUT2D eigenvalue weighted by atomic mass is 10.1. The number of phenols is 1. The number of carbonyl (C=O) groups is 1. The Balaban J connectivity index is 1.41. The van der Waals surface area contributed by atoms with Gasteiger partial charge in [-0.15, -0.1) is 11.8 Å². The number of nitrogens with one attached hydrogen (secondary N) is 1. The van der Waals surface area contributed by atoms with Gasteiger partial charge in [-0.1, -0.05) is 23.7 Å². The zero-order chi connectivity index (χ0) is 20.2. The van der Waals surface area contributed by atoms with Crippen molar-refractivity contribution in [3.8, 4) is 5.75 Å². The minimum absolute atomic E-state index is 0.0488. The van der Waals surface area contributed by atoms with Crippen molar-refractivity contribution in [2.45, 2.75) is 18.2 Å². The number of hydrogen-bond acceptors (Lipinski definition) is 5. The molecule has 2 N–H and O–H groups in total. The second kappa shape index (κ2) is 8.93. The highest BCUT2D eigenvalue weighted by Gasteiger charge is 2.29. The molecule has 1 aromatic heterocycles. The lowest BCUT2D eigenvalue weighted by Gasteiger charge is -2.35. The van der Waals surface area contributed by atoms with Gasteiger partial charge in [0, 0.05) is 47.6 Å². The Morgan fingerprint density at radius 1 is 1.24 bits per heavy atom. The Hall–Kier alpha value is -2.44. The summed E-state index contributed by atoms with van der Waals surface area (Å²) in [5.74, 6) is 1.20. The fourth-order valence-corrected chi connectivity index (χ4v) is 4.99. The average Bonchev–Trinajstić information content (AvgIpc) is 2.71. The molecular formula is C22H22ClN3O2S. The number of halogens is 1. The van der Waals surface area contributed by atoms with Gasteiger partial charge >= 0.3 is 0 Å². The largest absolute Gasteiger partial charge is 0.508 e. The molecule has 0 bridgehead atoms. The molecule has 1 atom stereocenters. The van der Waals surface area contributed by atoms with Crippen LogP contribution >= 0.6 is 23.4 Å². The van der Waals surface area contributed by atoms with Gasteiger partial charge in [-0.05, 0) is 48.4 Å². The van der Waals surface area contributed by atoms with Crippen molar-refractivity contribution in [3.63, 3.8) is 0 Å². The van der Waals surface area contributed by atoms with E-state index in [1.54, 1.807) is 30.1 Å². The van der Waals surface area contributed by atoms with Gasteiger partial charge in [0.2, 0.25) is 5.91 Å². The van der Waals surface area contributed by atoms with Crippen LogP contribution in [-0.4, -0.2) is 39.7 Å². The summed E-state index contributed by atoms with van der Waals surface area (Å²) in [4.78, 5) is 18.8. The summed E-state index contributed by atoms with van der Waals surface area (Å²) in [6, 6.07) is 14.8. The third-order valence-electron chi connectivity index (χ3n) is 4.95. The topological polar surface area (TPSA) is 65.5 Å². The third kappa shape index (κ3) is 4.60. The maximum absolute atomic E-state index is 12.5. The molecule has 0 aliphatic carbocycles. The maximum atomic E-state index is 12.5. The molecule has 0 spiro atoms. The van der Waals surface area contributed by atoms with Crippen molar-refractivity contribution >= 4 is 45.9 Å². The Labute approximate surface area is 179 Å². The fourth-order valence-electron chi connectivity index (χ4n) is 3.57. The van der Waals surface area contributed by atoms with Crippen LogP contribution in [0, 0.1) is 0 Å². The van der Waals surface area contributed by atoms with E-state index < -0.39 is 0 Å². The van der Waals surface area contributed by atoms with Crippen LogP contribution in [0.4, 0.5) is 5.69 Å². The molecule has 150 valence electrons. The molecule has 1 aliphatic rings. The van der Waals surface area contributed by atoms with E-state index in [1.165, 1.54) is 0 Å². The Bertz CT molecular complexity index is 1030. The summed E-state index contributed by atoms with van der Waals surface area (Å²) in [5, 5.41) is 14.9. The Morgan fingerprint density at radius 3 is 3.00 bits per heavy atom. The molecule has 4 rings (SSSR count). The number of anilines is 1. The van der Waals surface area contributed by atoms with Crippen LogP contribution in [0.25, 0.3) is 10.9 Å². The van der Waals surface area contributed by atoms with E-state index >= 15 is 0 Å². The predicted octanol–water partition coefficient (Wildman–Crippen LogP) is 5.06. The van der Waals surface area contributed by atoms with Crippen LogP contribution in [0.3, 0.4) is 0 Å². The number of rotatable bonds is 6. The van der Waals surface area contributed by atoms with E-state index in [-0.39, 0.29) is 17.0 Å². The van der Waals surface area contributed by atoms with E-state index in [4.69, 9.17) is 11.6 Å². The van der Waals surface area contributed by atoms with E-state index in [9.17, 15) is 9.90 Å². The minimum Gasteiger partial charge on any atom is -0.508 e. The molecule has 29 heavy (non-hydrogen) atoms. The van der Waals surface area contributed by atoms with Crippen molar-refractivity contribution in [3.05, 3.63) is 65.3 Å². The molecule has 1 unspecified atom stereocenters. The first-order chi connectivity index (χ1) is 14.1. The molecule has 1 amide bonds. The van der Waals surface area contributed by atoms with Crippen LogP contribution in [-0.2, 0) is 4.79 Å². The van der Waals surface area contributed by atoms with E-state index in [0.29, 0.717) is 18.0 Å². The summed E-state index contributed by atoms with van der Waals surface area (Å²) >= 11 is 7.80. The first-order valence-electron chi connectivity index (χ1n) is 9.60. The van der Waals surface area contributed by atoms with E-state index in [0.717, 1.165) is 40.9 Å². The first-order valence-corrected chi connectivity index (χ1v) is 11.0. The van der Waals surface area contributed by atoms with Gasteiger partial charge in [0.05, 0.1) is 5.52 Å². The summed E-state index contributed by atoms with van der Waals surface area (Å²) in [7, 11) is 0. The van der Waals surface area contributed by atoms with Crippen molar-refractivity contribution < 1.29 is 9.90 Å². The van der Waals surface area contributed by atoms with E-state index in [1.807, 2.05) is 41.3 Å². The Morgan fingerprint density at radius 2 is 2.14 bits per heavy atom. The Kier molecular flexibility index (Phi) is 6.11. The quantitative estimate of drug-likeness (QED) is 0.538. The van der Waals surface area contributed by atoms with E-state index in [2.05, 4.69) is 10.3 Å². The smallest absolute Gasteiger partial charge is 0.224 e. The van der Waals surface area contributed by atoms with Crippen LogP contribution in [0.15, 0.2) is 54.7 Å². The molecular weight excluding hydrogens is 406 g/mol. The van der Waals surface area contributed by atoms with Crippen molar-refractivity contribution in [2.75, 3.05) is 24.2 Å². The zero-order valence-corrected chi connectivity index (χ0v) is 17.4.